The molecule has 0 radical (unpaired) electrons. The van der Waals surface area contributed by atoms with Crippen molar-refractivity contribution in [3.05, 3.63) is 30.3 Å². The van der Waals surface area contributed by atoms with Crippen molar-refractivity contribution in [2.45, 2.75) is 0 Å². The minimum atomic E-state index is -1.50. The van der Waals surface area contributed by atoms with Crippen LogP contribution in [0.1, 0.15) is 0 Å². The second kappa shape index (κ2) is 16.3. The fourth-order valence-corrected chi connectivity index (χ4v) is 0. The lowest BCUT2D eigenvalue weighted by molar-refractivity contribution is -0.742. The zero-order valence-electron chi connectivity index (χ0n) is 5.63. The highest BCUT2D eigenvalue weighted by atomic mass is 16.9. The van der Waals surface area contributed by atoms with Crippen molar-refractivity contribution in [1.29, 1.82) is 0 Å². The topological polar surface area (TPSA) is 222 Å². The van der Waals surface area contributed by atoms with E-state index in [9.17, 15) is 0 Å². The molecular formula is H5N3O10. The molecule has 0 rings (SSSR count). The fourth-order valence-electron chi connectivity index (χ4n) is 0. The first kappa shape index (κ1) is 22.4. The molecular weight excluding hydrogens is 202 g/mol. The molecule has 0 bridgehead atoms. The molecule has 0 fully saturated rings. The molecule has 0 aliphatic rings. The fraction of sp³-hybridized carbons (Fsp3) is 0. The van der Waals surface area contributed by atoms with Crippen molar-refractivity contribution in [2.75, 3.05) is 0 Å². The van der Waals surface area contributed by atoms with E-state index >= 15 is 0 Å². The molecule has 0 aliphatic carbocycles. The van der Waals surface area contributed by atoms with Crippen molar-refractivity contribution >= 4 is 0 Å². The first-order valence-electron chi connectivity index (χ1n) is 1.70. The highest BCUT2D eigenvalue weighted by Gasteiger charge is 1.66. The summed E-state index contributed by atoms with van der Waals surface area (Å²) >= 11 is 0. The van der Waals surface area contributed by atoms with Crippen LogP contribution in [0, 0.1) is 30.3 Å². The molecule has 0 saturated heterocycles. The Balaban J connectivity index is -0.0000000450. The number of nitrogens with zero attached hydrogens (tertiary/aromatic N) is 3. The van der Waals surface area contributed by atoms with E-state index in [0.29, 0.717) is 0 Å². The predicted molar refractivity (Wildman–Crippen MR) is 30.0 cm³/mol. The Morgan fingerprint density at radius 1 is 0.692 bits per heavy atom. The summed E-state index contributed by atoms with van der Waals surface area (Å²) in [7, 11) is 0. The van der Waals surface area contributed by atoms with Gasteiger partial charge in [0, 0.05) is 0 Å². The maximum Gasteiger partial charge on any atom is 0.291 e. The van der Waals surface area contributed by atoms with Crippen molar-refractivity contribution in [3.63, 3.8) is 0 Å². The molecule has 0 aromatic rings. The summed E-state index contributed by atoms with van der Waals surface area (Å²) < 4.78 is 0. The lowest BCUT2D eigenvalue weighted by Crippen LogP contribution is -1.81. The van der Waals surface area contributed by atoms with Gasteiger partial charge in [0.15, 0.2) is 0 Å². The van der Waals surface area contributed by atoms with Crippen LogP contribution in [0.4, 0.5) is 0 Å². The van der Waals surface area contributed by atoms with Crippen molar-refractivity contribution in [3.8, 4) is 0 Å². The van der Waals surface area contributed by atoms with Crippen LogP contribution in [0.2, 0.25) is 0 Å². The standard InChI is InChI=1S/3HNO3.H2O/c3*2-1(3)4;/h3*(H,2,3,4);1H2. The largest absolute Gasteiger partial charge is 0.412 e. The van der Waals surface area contributed by atoms with Gasteiger partial charge in [-0.15, -0.1) is 30.3 Å². The van der Waals surface area contributed by atoms with Gasteiger partial charge in [-0.05, 0) is 0 Å². The Morgan fingerprint density at radius 2 is 0.692 bits per heavy atom. The van der Waals surface area contributed by atoms with E-state index in [2.05, 4.69) is 0 Å². The summed E-state index contributed by atoms with van der Waals surface area (Å²) in [5.74, 6) is 0. The van der Waals surface area contributed by atoms with Gasteiger partial charge in [-0.3, -0.25) is 0 Å². The summed E-state index contributed by atoms with van der Waals surface area (Å²) in [6.45, 7) is 0. The molecule has 0 atom stereocenters. The highest BCUT2D eigenvalue weighted by Crippen LogP contribution is 1.39. The smallest absolute Gasteiger partial charge is 0.291 e. The first-order valence-corrected chi connectivity index (χ1v) is 1.70. The number of hydrogen-bond acceptors (Lipinski definition) is 6. The minimum Gasteiger partial charge on any atom is -0.412 e. The summed E-state index contributed by atoms with van der Waals surface area (Å²) in [5, 5.41) is 40.9. The van der Waals surface area contributed by atoms with E-state index in [1.54, 1.807) is 0 Å². The van der Waals surface area contributed by atoms with Crippen LogP contribution in [0.25, 0.3) is 0 Å². The summed E-state index contributed by atoms with van der Waals surface area (Å²) in [5.41, 5.74) is 0. The van der Waals surface area contributed by atoms with Crippen LogP contribution in [0.5, 0.6) is 0 Å². The molecule has 80 valence electrons. The van der Waals surface area contributed by atoms with E-state index in [1.165, 1.54) is 0 Å². The van der Waals surface area contributed by atoms with E-state index in [4.69, 9.17) is 46.0 Å². The van der Waals surface area contributed by atoms with Crippen molar-refractivity contribution in [1.82, 2.24) is 0 Å². The normalized spacial score (nSPS) is 5.54. The number of hydrogen-bond donors (Lipinski definition) is 3. The average molecular weight is 207 g/mol. The Hall–Kier alpha value is -2.44. The molecule has 0 aromatic heterocycles. The minimum absolute atomic E-state index is 0. The third-order valence-electron chi connectivity index (χ3n) is 0. The van der Waals surface area contributed by atoms with E-state index in [1.807, 2.05) is 0 Å². The quantitative estimate of drug-likeness (QED) is 0.298. The lowest BCUT2D eigenvalue weighted by Gasteiger charge is -1.56. The van der Waals surface area contributed by atoms with E-state index in [-0.39, 0.29) is 5.48 Å². The van der Waals surface area contributed by atoms with Gasteiger partial charge in [-0.25, -0.2) is 0 Å². The van der Waals surface area contributed by atoms with Gasteiger partial charge in [0.1, 0.15) is 0 Å². The molecule has 0 aliphatic heterocycles. The Labute approximate surface area is 68.1 Å². The maximum atomic E-state index is 8.36. The molecule has 0 aromatic carbocycles. The van der Waals surface area contributed by atoms with E-state index < -0.39 is 15.3 Å². The zero-order chi connectivity index (χ0) is 10.7. The Bertz CT molecular complexity index is 108. The maximum absolute atomic E-state index is 8.36. The van der Waals surface area contributed by atoms with Gasteiger partial charge in [-0.1, -0.05) is 0 Å². The summed E-state index contributed by atoms with van der Waals surface area (Å²) in [6, 6.07) is 0. The monoisotopic (exact) mass is 207 g/mol. The molecule has 0 heterocycles. The second-order valence-corrected chi connectivity index (χ2v) is 0.714. The molecule has 13 heteroatoms. The van der Waals surface area contributed by atoms with Crippen LogP contribution in [-0.2, 0) is 0 Å². The third kappa shape index (κ3) is 91.8. The van der Waals surface area contributed by atoms with Gasteiger partial charge < -0.3 is 21.1 Å². The molecule has 0 saturated carbocycles. The number of rotatable bonds is 0. The van der Waals surface area contributed by atoms with Crippen LogP contribution >= 0.6 is 0 Å². The predicted octanol–water partition coefficient (Wildman–Crippen LogP) is -1.87. The molecule has 5 N–H and O–H groups in total. The molecule has 0 spiro atoms. The Kier molecular flexibility index (Phi) is 28.1. The SMILES string of the molecule is O.O=[N+]([O-])O.O=[N+]([O-])O.O=[N+]([O-])O. The van der Waals surface area contributed by atoms with Crippen LogP contribution in [0.3, 0.4) is 0 Å². The molecule has 13 nitrogen and oxygen atoms in total. The van der Waals surface area contributed by atoms with Crippen LogP contribution < -0.4 is 0 Å². The Morgan fingerprint density at radius 3 is 0.692 bits per heavy atom. The third-order valence-corrected chi connectivity index (χ3v) is 0. The van der Waals surface area contributed by atoms with Gasteiger partial charge in [0.2, 0.25) is 0 Å². The first-order chi connectivity index (χ1) is 5.20. The van der Waals surface area contributed by atoms with Crippen LogP contribution in [-0.4, -0.2) is 36.4 Å². The van der Waals surface area contributed by atoms with Gasteiger partial charge in [0.25, 0.3) is 15.3 Å². The highest BCUT2D eigenvalue weighted by molar-refractivity contribution is 3.84. The van der Waals surface area contributed by atoms with E-state index in [0.717, 1.165) is 0 Å². The van der Waals surface area contributed by atoms with Gasteiger partial charge >= 0.3 is 0 Å². The lowest BCUT2D eigenvalue weighted by atomic mass is 13.1. The van der Waals surface area contributed by atoms with Crippen molar-refractivity contribution in [2.24, 2.45) is 0 Å². The molecule has 13 heavy (non-hydrogen) atoms. The summed E-state index contributed by atoms with van der Waals surface area (Å²) in [6.07, 6.45) is 0. The molecule has 0 amide bonds. The zero-order valence-corrected chi connectivity index (χ0v) is 5.63. The second-order valence-electron chi connectivity index (χ2n) is 0.714. The summed E-state index contributed by atoms with van der Waals surface area (Å²) in [4.78, 5) is 25.1. The van der Waals surface area contributed by atoms with Gasteiger partial charge in [-0.2, -0.15) is 0 Å². The van der Waals surface area contributed by atoms with Crippen molar-refractivity contribution < 1.29 is 36.4 Å². The van der Waals surface area contributed by atoms with Gasteiger partial charge in [0.05, 0.1) is 0 Å². The van der Waals surface area contributed by atoms with Crippen LogP contribution in [0.15, 0.2) is 0 Å². The molecule has 0 unspecified atom stereocenters. The average Bonchev–Trinajstić information content (AvgIpc) is 1.54.